The summed E-state index contributed by atoms with van der Waals surface area (Å²) in [4.78, 5) is 18.2. The van der Waals surface area contributed by atoms with E-state index in [0.717, 1.165) is 12.5 Å². The molecule has 1 aromatic heterocycles. The molecule has 0 radical (unpaired) electrons. The van der Waals surface area contributed by atoms with Crippen LogP contribution in [-0.4, -0.2) is 53.6 Å². The van der Waals surface area contributed by atoms with Gasteiger partial charge in [0.1, 0.15) is 17.8 Å². The number of sulfone groups is 1. The highest BCUT2D eigenvalue weighted by molar-refractivity contribution is 7.90. The number of pyridine rings is 1. The minimum atomic E-state index is -5.07. The van der Waals surface area contributed by atoms with Crippen LogP contribution in [0.25, 0.3) is 0 Å². The summed E-state index contributed by atoms with van der Waals surface area (Å²) in [6, 6.07) is 0.695. The Bertz CT molecular complexity index is 1300. The van der Waals surface area contributed by atoms with Gasteiger partial charge in [-0.05, 0) is 49.3 Å². The molecule has 1 aromatic carbocycles. The zero-order valence-electron chi connectivity index (χ0n) is 19.8. The Hall–Kier alpha value is -2.68. The second-order valence-corrected chi connectivity index (χ2v) is 11.6. The van der Waals surface area contributed by atoms with Gasteiger partial charge in [-0.15, -0.1) is 5.17 Å². The van der Waals surface area contributed by atoms with E-state index in [2.05, 4.69) is 10.4 Å². The maximum absolute atomic E-state index is 14.7. The summed E-state index contributed by atoms with van der Waals surface area (Å²) < 4.78 is 91.6. The van der Waals surface area contributed by atoms with E-state index < -0.39 is 51.3 Å². The molecule has 4 rings (SSSR count). The number of halogens is 5. The fourth-order valence-corrected chi connectivity index (χ4v) is 5.07. The van der Waals surface area contributed by atoms with Crippen LogP contribution in [0.2, 0.25) is 0 Å². The van der Waals surface area contributed by atoms with Crippen molar-refractivity contribution in [2.45, 2.75) is 49.5 Å². The lowest BCUT2D eigenvalue weighted by atomic mass is 10.00. The van der Waals surface area contributed by atoms with Crippen molar-refractivity contribution in [3.05, 3.63) is 58.9 Å². The van der Waals surface area contributed by atoms with Crippen molar-refractivity contribution in [2.24, 2.45) is 11.8 Å². The molecule has 202 valence electrons. The quantitative estimate of drug-likeness (QED) is 0.399. The SMILES string of the molecule is C[C@@H]1C[C@H](N(O)N[C@@H](c2cc(F)c(C(F)(F)F)cc2F)C2CC2)N(C(=O)c2cncc(S(C)(=O)=O)c2)C1. The minimum Gasteiger partial charge on any atom is -0.319 e. The fourth-order valence-electron chi connectivity index (χ4n) is 4.48. The van der Waals surface area contributed by atoms with E-state index in [0.29, 0.717) is 24.1 Å². The first-order valence-corrected chi connectivity index (χ1v) is 13.3. The fraction of sp³-hybridized carbons (Fsp3) is 0.478. The average Bonchev–Trinajstić information content (AvgIpc) is 3.57. The van der Waals surface area contributed by atoms with Crippen LogP contribution in [0.15, 0.2) is 35.5 Å². The summed E-state index contributed by atoms with van der Waals surface area (Å²) in [6.07, 6.45) is -1.36. The molecule has 1 amide bonds. The number of amides is 1. The molecule has 1 saturated heterocycles. The topological polar surface area (TPSA) is 103 Å². The number of carbonyl (C=O) groups excluding carboxylic acids is 1. The molecule has 0 unspecified atom stereocenters. The van der Waals surface area contributed by atoms with Gasteiger partial charge in [-0.25, -0.2) is 22.6 Å². The Morgan fingerprint density at radius 3 is 2.46 bits per heavy atom. The van der Waals surface area contributed by atoms with E-state index in [4.69, 9.17) is 0 Å². The number of rotatable bonds is 7. The number of hydrogen-bond donors (Lipinski definition) is 2. The van der Waals surface area contributed by atoms with Crippen LogP contribution in [0.5, 0.6) is 0 Å². The van der Waals surface area contributed by atoms with E-state index in [-0.39, 0.29) is 46.9 Å². The van der Waals surface area contributed by atoms with E-state index in [1.54, 1.807) is 0 Å². The third kappa shape index (κ3) is 5.92. The number of hydrogen-bond acceptors (Lipinski definition) is 7. The van der Waals surface area contributed by atoms with Crippen molar-refractivity contribution in [3.63, 3.8) is 0 Å². The highest BCUT2D eigenvalue weighted by atomic mass is 32.2. The lowest BCUT2D eigenvalue weighted by molar-refractivity contribution is -0.203. The molecule has 3 atom stereocenters. The summed E-state index contributed by atoms with van der Waals surface area (Å²) in [5.41, 5.74) is 0.528. The van der Waals surface area contributed by atoms with Crippen LogP contribution >= 0.6 is 0 Å². The first-order valence-electron chi connectivity index (χ1n) is 11.4. The predicted octanol–water partition coefficient (Wildman–Crippen LogP) is 3.94. The van der Waals surface area contributed by atoms with Gasteiger partial charge in [0.2, 0.25) is 0 Å². The zero-order chi connectivity index (χ0) is 27.3. The lowest BCUT2D eigenvalue weighted by Gasteiger charge is -2.34. The highest BCUT2D eigenvalue weighted by Gasteiger charge is 2.42. The molecule has 1 saturated carbocycles. The summed E-state index contributed by atoms with van der Waals surface area (Å²) in [5.74, 6) is -3.88. The Morgan fingerprint density at radius 2 is 1.86 bits per heavy atom. The Morgan fingerprint density at radius 1 is 1.19 bits per heavy atom. The van der Waals surface area contributed by atoms with Crippen LogP contribution in [0.4, 0.5) is 22.0 Å². The van der Waals surface area contributed by atoms with Gasteiger partial charge in [0.25, 0.3) is 5.91 Å². The van der Waals surface area contributed by atoms with Crippen LogP contribution in [0, 0.1) is 23.5 Å². The number of alkyl halides is 3. The van der Waals surface area contributed by atoms with E-state index >= 15 is 0 Å². The largest absolute Gasteiger partial charge is 0.419 e. The molecule has 2 fully saturated rings. The van der Waals surface area contributed by atoms with Gasteiger partial charge in [0, 0.05) is 30.8 Å². The van der Waals surface area contributed by atoms with E-state index in [1.807, 2.05) is 6.92 Å². The first-order chi connectivity index (χ1) is 17.2. The zero-order valence-corrected chi connectivity index (χ0v) is 20.7. The summed E-state index contributed by atoms with van der Waals surface area (Å²) in [5, 5.41) is 11.5. The van der Waals surface area contributed by atoms with Gasteiger partial charge < -0.3 is 4.90 Å². The average molecular weight is 549 g/mol. The molecule has 8 nitrogen and oxygen atoms in total. The first kappa shape index (κ1) is 27.4. The third-order valence-electron chi connectivity index (χ3n) is 6.50. The normalized spacial score (nSPS) is 21.5. The van der Waals surface area contributed by atoms with Crippen molar-refractivity contribution >= 4 is 15.7 Å². The van der Waals surface area contributed by atoms with Crippen LogP contribution < -0.4 is 5.43 Å². The van der Waals surface area contributed by atoms with E-state index in [1.165, 1.54) is 17.2 Å². The number of likely N-dealkylation sites (tertiary alicyclic amines) is 1. The number of nitrogens with zero attached hydrogens (tertiary/aromatic N) is 3. The van der Waals surface area contributed by atoms with Gasteiger partial charge in [-0.1, -0.05) is 6.92 Å². The van der Waals surface area contributed by atoms with Crippen molar-refractivity contribution in [3.8, 4) is 0 Å². The summed E-state index contributed by atoms with van der Waals surface area (Å²) >= 11 is 0. The maximum Gasteiger partial charge on any atom is 0.419 e. The van der Waals surface area contributed by atoms with Crippen LogP contribution in [0.3, 0.4) is 0 Å². The van der Waals surface area contributed by atoms with Crippen molar-refractivity contribution in [1.29, 1.82) is 0 Å². The van der Waals surface area contributed by atoms with Crippen molar-refractivity contribution in [2.75, 3.05) is 12.8 Å². The molecule has 2 aliphatic rings. The molecular weight excluding hydrogens is 523 g/mol. The number of hydrazine groups is 1. The number of hydroxylamine groups is 1. The van der Waals surface area contributed by atoms with Gasteiger partial charge in [-0.2, -0.15) is 13.2 Å². The summed E-state index contributed by atoms with van der Waals surface area (Å²) in [7, 11) is -3.63. The molecule has 1 aliphatic carbocycles. The number of carbonyl (C=O) groups is 1. The van der Waals surface area contributed by atoms with Crippen LogP contribution in [-0.2, 0) is 16.0 Å². The molecule has 0 bridgehead atoms. The molecule has 2 aromatic rings. The summed E-state index contributed by atoms with van der Waals surface area (Å²) in [6.45, 7) is 2.02. The second kappa shape index (κ2) is 9.89. The Balaban J connectivity index is 1.59. The van der Waals surface area contributed by atoms with Gasteiger partial charge in [0.05, 0.1) is 22.1 Å². The molecule has 2 N–H and O–H groups in total. The molecule has 0 spiro atoms. The maximum atomic E-state index is 14.7. The minimum absolute atomic E-state index is 0.0231. The second-order valence-electron chi connectivity index (χ2n) is 9.60. The predicted molar refractivity (Wildman–Crippen MR) is 120 cm³/mol. The van der Waals surface area contributed by atoms with E-state index in [9.17, 15) is 40.4 Å². The highest BCUT2D eigenvalue weighted by Crippen LogP contribution is 2.43. The van der Waals surface area contributed by atoms with Gasteiger partial charge in [0.15, 0.2) is 9.84 Å². The third-order valence-corrected chi connectivity index (χ3v) is 7.58. The molecule has 37 heavy (non-hydrogen) atoms. The Kier molecular flexibility index (Phi) is 7.31. The molecular formula is C23H25F5N4O4S. The Labute approximate surface area is 209 Å². The molecule has 14 heteroatoms. The molecule has 2 heterocycles. The van der Waals surface area contributed by atoms with Crippen molar-refractivity contribution in [1.82, 2.24) is 20.5 Å². The van der Waals surface area contributed by atoms with Gasteiger partial charge in [-0.3, -0.25) is 15.0 Å². The van der Waals surface area contributed by atoms with Crippen molar-refractivity contribution < 1.29 is 40.4 Å². The number of aromatic nitrogens is 1. The number of benzene rings is 1. The monoisotopic (exact) mass is 548 g/mol. The number of nitrogens with one attached hydrogen (secondary N) is 1. The molecule has 1 aliphatic heterocycles. The smallest absolute Gasteiger partial charge is 0.319 e. The standard InChI is InChI=1S/C23H25F5N4O4S/c1-12-5-20(31(11-12)22(33)14-6-15(10-29-9-14)37(2,35)36)32(34)30-21(13-3-4-13)16-7-19(25)17(8-18(16)24)23(26,27)28/h6-10,12-13,20-21,30,34H,3-5,11H2,1-2H3/t12-,20+,21-/m1/s1. The van der Waals surface area contributed by atoms with Gasteiger partial charge >= 0.3 is 6.18 Å². The van der Waals surface area contributed by atoms with Crippen LogP contribution in [0.1, 0.15) is 53.7 Å². The lowest BCUT2D eigenvalue weighted by Crippen LogP contribution is -2.53.